The van der Waals surface area contributed by atoms with Gasteiger partial charge in [0.2, 0.25) is 0 Å². The standard InChI is InChI=1S/C25H24BrN3O2S/c1-25(2)18-12-21(31-15-6-8-29(32-3)9-7-15)19(26)11-17(18)23(30)22-16-5-4-14(13-27)10-20(16)28-24(22)25/h4-5,10-12,15,28H,6-9H2,1-3H3. The third-order valence-corrected chi connectivity index (χ3v) is 8.22. The molecule has 1 aromatic heterocycles. The number of rotatable bonds is 3. The van der Waals surface area contributed by atoms with Crippen molar-refractivity contribution < 1.29 is 9.53 Å². The number of hydrogen-bond donors (Lipinski definition) is 1. The lowest BCUT2D eigenvalue weighted by molar-refractivity contribution is 0.103. The van der Waals surface area contributed by atoms with Gasteiger partial charge in [0, 0.05) is 40.7 Å². The number of carbonyl (C=O) groups excluding carboxylic acids is 1. The topological polar surface area (TPSA) is 69.1 Å². The second-order valence-corrected chi connectivity index (χ2v) is 10.7. The Balaban J connectivity index is 1.56. The first-order valence-corrected chi connectivity index (χ1v) is 12.7. The monoisotopic (exact) mass is 509 g/mol. The van der Waals surface area contributed by atoms with E-state index in [-0.39, 0.29) is 11.9 Å². The summed E-state index contributed by atoms with van der Waals surface area (Å²) in [4.78, 5) is 17.0. The van der Waals surface area contributed by atoms with Gasteiger partial charge in [-0.15, -0.1) is 0 Å². The molecule has 5 rings (SSSR count). The molecule has 0 saturated carbocycles. The molecule has 1 fully saturated rings. The normalized spacial score (nSPS) is 18.3. The predicted molar refractivity (Wildman–Crippen MR) is 131 cm³/mol. The number of ether oxygens (including phenoxy) is 1. The van der Waals surface area contributed by atoms with Crippen LogP contribution in [-0.4, -0.2) is 40.5 Å². The fourth-order valence-corrected chi connectivity index (χ4v) is 5.91. The molecular weight excluding hydrogens is 486 g/mol. The number of halogens is 1. The van der Waals surface area contributed by atoms with Gasteiger partial charge in [0.25, 0.3) is 0 Å². The van der Waals surface area contributed by atoms with Gasteiger partial charge in [0.05, 0.1) is 21.7 Å². The van der Waals surface area contributed by atoms with Crippen LogP contribution in [0.4, 0.5) is 0 Å². The summed E-state index contributed by atoms with van der Waals surface area (Å²) < 4.78 is 9.58. The van der Waals surface area contributed by atoms with E-state index in [9.17, 15) is 10.1 Å². The number of aromatic nitrogens is 1. The summed E-state index contributed by atoms with van der Waals surface area (Å²) in [7, 11) is 0. The zero-order chi connectivity index (χ0) is 22.6. The largest absolute Gasteiger partial charge is 0.489 e. The quantitative estimate of drug-likeness (QED) is 0.452. The minimum Gasteiger partial charge on any atom is -0.489 e. The van der Waals surface area contributed by atoms with Crippen molar-refractivity contribution in [2.24, 2.45) is 0 Å². The van der Waals surface area contributed by atoms with Crippen LogP contribution >= 0.6 is 27.9 Å². The zero-order valence-electron chi connectivity index (χ0n) is 18.3. The molecule has 0 radical (unpaired) electrons. The summed E-state index contributed by atoms with van der Waals surface area (Å²) in [6.45, 7) is 6.29. The highest BCUT2D eigenvalue weighted by atomic mass is 79.9. The molecule has 1 N–H and O–H groups in total. The van der Waals surface area contributed by atoms with Crippen molar-refractivity contribution >= 4 is 44.6 Å². The van der Waals surface area contributed by atoms with Gasteiger partial charge in [0.15, 0.2) is 5.78 Å². The third kappa shape index (κ3) is 3.37. The molecule has 2 aromatic carbocycles. The molecule has 0 unspecified atom stereocenters. The number of nitriles is 1. The number of aromatic amines is 1. The summed E-state index contributed by atoms with van der Waals surface area (Å²) in [6.07, 6.45) is 4.25. The first-order valence-electron chi connectivity index (χ1n) is 10.7. The van der Waals surface area contributed by atoms with E-state index in [2.05, 4.69) is 51.4 Å². The van der Waals surface area contributed by atoms with Crippen LogP contribution in [0.15, 0.2) is 34.8 Å². The van der Waals surface area contributed by atoms with Crippen molar-refractivity contribution in [2.75, 3.05) is 19.3 Å². The lowest BCUT2D eigenvalue weighted by atomic mass is 9.71. The molecule has 5 nitrogen and oxygen atoms in total. The molecule has 0 atom stereocenters. The number of H-pyrrole nitrogens is 1. The molecule has 1 saturated heterocycles. The molecule has 3 aromatic rings. The summed E-state index contributed by atoms with van der Waals surface area (Å²) in [5, 5.41) is 10.1. The predicted octanol–water partition coefficient (Wildman–Crippen LogP) is 5.79. The van der Waals surface area contributed by atoms with E-state index >= 15 is 0 Å². The Morgan fingerprint density at radius 1 is 1.25 bits per heavy atom. The summed E-state index contributed by atoms with van der Waals surface area (Å²) in [5.74, 6) is 0.796. The maximum atomic E-state index is 13.6. The Hall–Kier alpha value is -2.27. The highest BCUT2D eigenvalue weighted by Gasteiger charge is 2.40. The third-order valence-electron chi connectivity index (χ3n) is 6.72. The maximum absolute atomic E-state index is 13.6. The van der Waals surface area contributed by atoms with Gasteiger partial charge in [-0.2, -0.15) is 5.26 Å². The molecule has 1 aliphatic carbocycles. The van der Waals surface area contributed by atoms with Gasteiger partial charge >= 0.3 is 0 Å². The highest BCUT2D eigenvalue weighted by molar-refractivity contribution is 9.10. The Labute approximate surface area is 200 Å². The Kier molecular flexibility index (Phi) is 5.36. The number of fused-ring (bicyclic) bond motifs is 4. The molecule has 0 amide bonds. The first-order chi connectivity index (χ1) is 15.3. The second kappa shape index (κ2) is 7.95. The lowest BCUT2D eigenvalue weighted by Crippen LogP contribution is -2.34. The van der Waals surface area contributed by atoms with Gasteiger partial charge in [-0.05, 0) is 64.9 Å². The van der Waals surface area contributed by atoms with Crippen LogP contribution in [0, 0.1) is 11.3 Å². The minimum atomic E-state index is -0.411. The van der Waals surface area contributed by atoms with E-state index in [1.807, 2.05) is 24.3 Å². The average molecular weight is 510 g/mol. The number of nitrogens with one attached hydrogen (secondary N) is 1. The number of nitrogens with zero attached hydrogens (tertiary/aromatic N) is 2. The molecule has 1 aliphatic heterocycles. The summed E-state index contributed by atoms with van der Waals surface area (Å²) in [5.41, 5.74) is 4.23. The maximum Gasteiger partial charge on any atom is 0.195 e. The number of ketones is 1. The summed E-state index contributed by atoms with van der Waals surface area (Å²) in [6, 6.07) is 11.6. The minimum absolute atomic E-state index is 0.00538. The molecule has 0 bridgehead atoms. The van der Waals surface area contributed by atoms with Crippen LogP contribution < -0.4 is 4.74 Å². The molecular formula is C25H24BrN3O2S. The molecule has 2 heterocycles. The van der Waals surface area contributed by atoms with E-state index in [1.165, 1.54) is 0 Å². The summed E-state index contributed by atoms with van der Waals surface area (Å²) >= 11 is 5.44. The Morgan fingerprint density at radius 2 is 2.00 bits per heavy atom. The van der Waals surface area contributed by atoms with Crippen molar-refractivity contribution in [3.8, 4) is 11.8 Å². The van der Waals surface area contributed by atoms with Gasteiger partial charge < -0.3 is 9.72 Å². The number of hydrogen-bond acceptors (Lipinski definition) is 5. The van der Waals surface area contributed by atoms with E-state index in [1.54, 1.807) is 18.0 Å². The van der Waals surface area contributed by atoms with Crippen LogP contribution in [0.2, 0.25) is 0 Å². The van der Waals surface area contributed by atoms with Crippen LogP contribution in [0.1, 0.15) is 59.4 Å². The Bertz CT molecular complexity index is 1280. The molecule has 164 valence electrons. The number of carbonyl (C=O) groups is 1. The van der Waals surface area contributed by atoms with E-state index in [0.29, 0.717) is 16.7 Å². The molecule has 0 spiro atoms. The smallest absolute Gasteiger partial charge is 0.195 e. The van der Waals surface area contributed by atoms with Crippen molar-refractivity contribution in [2.45, 2.75) is 38.2 Å². The van der Waals surface area contributed by atoms with E-state index < -0.39 is 5.41 Å². The van der Waals surface area contributed by atoms with Crippen molar-refractivity contribution in [1.82, 2.24) is 9.29 Å². The zero-order valence-corrected chi connectivity index (χ0v) is 20.7. The fourth-order valence-electron chi connectivity index (χ4n) is 4.90. The van der Waals surface area contributed by atoms with Crippen LogP contribution in [-0.2, 0) is 5.41 Å². The van der Waals surface area contributed by atoms with Crippen molar-refractivity contribution in [1.29, 1.82) is 5.26 Å². The van der Waals surface area contributed by atoms with Crippen molar-refractivity contribution in [3.63, 3.8) is 0 Å². The van der Waals surface area contributed by atoms with E-state index in [4.69, 9.17) is 4.74 Å². The van der Waals surface area contributed by atoms with Gasteiger partial charge in [-0.3, -0.25) is 9.10 Å². The van der Waals surface area contributed by atoms with Gasteiger partial charge in [0.1, 0.15) is 11.9 Å². The van der Waals surface area contributed by atoms with Gasteiger partial charge in [-0.1, -0.05) is 31.9 Å². The second-order valence-electron chi connectivity index (χ2n) is 8.96. The van der Waals surface area contributed by atoms with Crippen LogP contribution in [0.25, 0.3) is 10.9 Å². The highest BCUT2D eigenvalue weighted by Crippen LogP contribution is 2.46. The first kappa shape index (κ1) is 21.6. The fraction of sp³-hybridized carbons (Fsp3) is 0.360. The number of piperidine rings is 1. The number of benzene rings is 2. The molecule has 2 aliphatic rings. The average Bonchev–Trinajstić information content (AvgIpc) is 3.19. The van der Waals surface area contributed by atoms with E-state index in [0.717, 1.165) is 58.3 Å². The SMILES string of the molecule is CSN1CCC(Oc2cc3c(cc2Br)C(=O)c2c([nH]c4cc(C#N)ccc24)C3(C)C)CC1. The van der Waals surface area contributed by atoms with Gasteiger partial charge in [-0.25, -0.2) is 0 Å². The lowest BCUT2D eigenvalue weighted by Gasteiger charge is -2.34. The molecule has 7 heteroatoms. The van der Waals surface area contributed by atoms with Crippen molar-refractivity contribution in [3.05, 3.63) is 62.8 Å². The van der Waals surface area contributed by atoms with Crippen LogP contribution in [0.3, 0.4) is 0 Å². The molecule has 32 heavy (non-hydrogen) atoms. The Morgan fingerprint density at radius 3 is 2.69 bits per heavy atom. The van der Waals surface area contributed by atoms with Crippen LogP contribution in [0.5, 0.6) is 5.75 Å².